The molecule has 3 rings (SSSR count). The molecule has 1 aromatic carbocycles. The Morgan fingerprint density at radius 1 is 1.14 bits per heavy atom. The molecule has 5 nitrogen and oxygen atoms in total. The van der Waals surface area contributed by atoms with E-state index < -0.39 is 5.82 Å². The summed E-state index contributed by atoms with van der Waals surface area (Å²) in [6, 6.07) is 8.06. The number of nitrogens with zero attached hydrogens (tertiary/aromatic N) is 2. The molecule has 0 spiro atoms. The number of hydrogen-bond acceptors (Lipinski definition) is 5. The zero-order valence-corrected chi connectivity index (χ0v) is 11.2. The van der Waals surface area contributed by atoms with Crippen LogP contribution in [0.1, 0.15) is 0 Å². The Morgan fingerprint density at radius 2 is 1.90 bits per heavy atom. The summed E-state index contributed by atoms with van der Waals surface area (Å²) in [6.45, 7) is 0. The molecule has 0 aliphatic rings. The minimum Gasteiger partial charge on any atom is -0.494 e. The van der Waals surface area contributed by atoms with Gasteiger partial charge in [0.2, 0.25) is 5.88 Å². The van der Waals surface area contributed by atoms with E-state index in [0.29, 0.717) is 16.8 Å². The van der Waals surface area contributed by atoms with E-state index in [-0.39, 0.29) is 11.6 Å². The standard InChI is InChI=1S/C15H12FN3O2/c1-20-12-8-10(2-3-11(12)16)14-13(15(17)21-19-14)9-4-6-18-7-5-9/h2-8H,17H2,1H3. The Bertz CT molecular complexity index is 772. The molecule has 2 heterocycles. The Balaban J connectivity index is 2.17. The topological polar surface area (TPSA) is 74.2 Å². The second-order valence-corrected chi connectivity index (χ2v) is 4.36. The molecule has 0 saturated carbocycles. The van der Waals surface area contributed by atoms with Gasteiger partial charge >= 0.3 is 0 Å². The van der Waals surface area contributed by atoms with Crippen molar-refractivity contribution in [2.45, 2.75) is 0 Å². The van der Waals surface area contributed by atoms with Crippen LogP contribution >= 0.6 is 0 Å². The molecule has 21 heavy (non-hydrogen) atoms. The van der Waals surface area contributed by atoms with E-state index in [0.717, 1.165) is 5.56 Å². The Kier molecular flexibility index (Phi) is 3.27. The quantitative estimate of drug-likeness (QED) is 0.800. The van der Waals surface area contributed by atoms with Crippen LogP contribution in [0.25, 0.3) is 22.4 Å². The van der Waals surface area contributed by atoms with Crippen molar-refractivity contribution >= 4 is 5.88 Å². The number of methoxy groups -OCH3 is 1. The fraction of sp³-hybridized carbons (Fsp3) is 0.0667. The summed E-state index contributed by atoms with van der Waals surface area (Å²) in [5.74, 6) is -0.114. The number of benzene rings is 1. The number of ether oxygens (including phenoxy) is 1. The van der Waals surface area contributed by atoms with Crippen LogP contribution in [-0.4, -0.2) is 17.3 Å². The molecule has 0 aliphatic heterocycles. The van der Waals surface area contributed by atoms with E-state index >= 15 is 0 Å². The average molecular weight is 285 g/mol. The summed E-state index contributed by atoms with van der Waals surface area (Å²) >= 11 is 0. The zero-order chi connectivity index (χ0) is 14.8. The highest BCUT2D eigenvalue weighted by atomic mass is 19.1. The third kappa shape index (κ3) is 2.31. The van der Waals surface area contributed by atoms with Crippen molar-refractivity contribution in [1.29, 1.82) is 0 Å². The second-order valence-electron chi connectivity index (χ2n) is 4.36. The minimum atomic E-state index is -0.442. The van der Waals surface area contributed by atoms with Crippen molar-refractivity contribution in [1.82, 2.24) is 10.1 Å². The number of halogens is 1. The predicted octanol–water partition coefficient (Wildman–Crippen LogP) is 3.13. The van der Waals surface area contributed by atoms with Crippen LogP contribution < -0.4 is 10.5 Å². The first-order valence-corrected chi connectivity index (χ1v) is 6.20. The normalized spacial score (nSPS) is 10.6. The minimum absolute atomic E-state index is 0.134. The first kappa shape index (κ1) is 13.1. The third-order valence-electron chi connectivity index (χ3n) is 3.11. The lowest BCUT2D eigenvalue weighted by atomic mass is 10.0. The number of anilines is 1. The van der Waals surface area contributed by atoms with Gasteiger partial charge in [-0.2, -0.15) is 0 Å². The van der Waals surface area contributed by atoms with Crippen LogP contribution in [-0.2, 0) is 0 Å². The number of rotatable bonds is 3. The van der Waals surface area contributed by atoms with Crippen molar-refractivity contribution in [2.75, 3.05) is 12.8 Å². The maximum Gasteiger partial charge on any atom is 0.230 e. The van der Waals surface area contributed by atoms with Gasteiger partial charge in [0.15, 0.2) is 11.6 Å². The summed E-state index contributed by atoms with van der Waals surface area (Å²) < 4.78 is 23.6. The van der Waals surface area contributed by atoms with Crippen molar-refractivity contribution in [3.63, 3.8) is 0 Å². The Morgan fingerprint density at radius 3 is 2.62 bits per heavy atom. The highest BCUT2D eigenvalue weighted by Crippen LogP contribution is 2.37. The summed E-state index contributed by atoms with van der Waals surface area (Å²) in [5, 5.41) is 3.97. The van der Waals surface area contributed by atoms with Gasteiger partial charge in [0.1, 0.15) is 5.69 Å². The fourth-order valence-electron chi connectivity index (χ4n) is 2.10. The summed E-state index contributed by atoms with van der Waals surface area (Å²) in [5.41, 5.74) is 8.50. The first-order valence-electron chi connectivity index (χ1n) is 6.20. The van der Waals surface area contributed by atoms with Gasteiger partial charge in [-0.3, -0.25) is 4.98 Å². The molecule has 2 aromatic heterocycles. The summed E-state index contributed by atoms with van der Waals surface area (Å²) in [6.07, 6.45) is 3.30. The van der Waals surface area contributed by atoms with Crippen molar-refractivity contribution in [3.8, 4) is 28.1 Å². The molecule has 2 N–H and O–H groups in total. The van der Waals surface area contributed by atoms with Gasteiger partial charge in [-0.25, -0.2) is 4.39 Å². The van der Waals surface area contributed by atoms with Gasteiger partial charge in [0.25, 0.3) is 0 Å². The smallest absolute Gasteiger partial charge is 0.230 e. The molecule has 0 atom stereocenters. The van der Waals surface area contributed by atoms with Crippen LogP contribution in [0.3, 0.4) is 0 Å². The fourth-order valence-corrected chi connectivity index (χ4v) is 2.10. The zero-order valence-electron chi connectivity index (χ0n) is 11.2. The van der Waals surface area contributed by atoms with Crippen LogP contribution in [0, 0.1) is 5.82 Å². The molecular formula is C15H12FN3O2. The van der Waals surface area contributed by atoms with E-state index in [1.165, 1.54) is 13.2 Å². The van der Waals surface area contributed by atoms with Gasteiger partial charge in [0, 0.05) is 18.0 Å². The second kappa shape index (κ2) is 5.24. The number of hydrogen-bond donors (Lipinski definition) is 1. The van der Waals surface area contributed by atoms with E-state index in [2.05, 4.69) is 10.1 Å². The average Bonchev–Trinajstić information content (AvgIpc) is 2.90. The molecule has 0 saturated heterocycles. The SMILES string of the molecule is COc1cc(-c2noc(N)c2-c2ccncc2)ccc1F. The molecule has 0 bridgehead atoms. The number of aromatic nitrogens is 2. The van der Waals surface area contributed by atoms with Crippen LogP contribution in [0.5, 0.6) is 5.75 Å². The monoisotopic (exact) mass is 285 g/mol. The highest BCUT2D eigenvalue weighted by Gasteiger charge is 2.18. The van der Waals surface area contributed by atoms with Crippen molar-refractivity contribution in [3.05, 3.63) is 48.5 Å². The molecule has 0 unspecified atom stereocenters. The third-order valence-corrected chi connectivity index (χ3v) is 3.11. The highest BCUT2D eigenvalue weighted by molar-refractivity contribution is 5.86. The predicted molar refractivity (Wildman–Crippen MR) is 76.1 cm³/mol. The molecule has 0 fully saturated rings. The first-order chi connectivity index (χ1) is 10.2. The molecule has 0 radical (unpaired) electrons. The summed E-state index contributed by atoms with van der Waals surface area (Å²) in [7, 11) is 1.41. The van der Waals surface area contributed by atoms with Crippen LogP contribution in [0.15, 0.2) is 47.2 Å². The Hall–Kier alpha value is -2.89. The Labute approximate surface area is 120 Å². The van der Waals surface area contributed by atoms with Gasteiger partial charge < -0.3 is 15.0 Å². The lowest BCUT2D eigenvalue weighted by molar-refractivity contribution is 0.386. The lowest BCUT2D eigenvalue weighted by Crippen LogP contribution is -1.91. The lowest BCUT2D eigenvalue weighted by Gasteiger charge is -2.05. The van der Waals surface area contributed by atoms with Gasteiger partial charge in [-0.05, 0) is 35.9 Å². The van der Waals surface area contributed by atoms with Crippen LogP contribution in [0.4, 0.5) is 10.3 Å². The van der Waals surface area contributed by atoms with E-state index in [1.54, 1.807) is 36.7 Å². The number of nitrogen functional groups attached to an aromatic ring is 1. The van der Waals surface area contributed by atoms with Crippen molar-refractivity contribution < 1.29 is 13.7 Å². The largest absolute Gasteiger partial charge is 0.494 e. The van der Waals surface area contributed by atoms with Gasteiger partial charge in [-0.15, -0.1) is 0 Å². The van der Waals surface area contributed by atoms with Crippen LogP contribution in [0.2, 0.25) is 0 Å². The van der Waals surface area contributed by atoms with E-state index in [1.807, 2.05) is 0 Å². The number of pyridine rings is 1. The molecule has 0 amide bonds. The maximum absolute atomic E-state index is 13.5. The van der Waals surface area contributed by atoms with Gasteiger partial charge in [-0.1, -0.05) is 5.16 Å². The maximum atomic E-state index is 13.5. The molecule has 0 aliphatic carbocycles. The molecule has 3 aromatic rings. The molecule has 106 valence electrons. The summed E-state index contributed by atoms with van der Waals surface area (Å²) in [4.78, 5) is 3.96. The van der Waals surface area contributed by atoms with E-state index in [4.69, 9.17) is 15.0 Å². The molecule has 6 heteroatoms. The number of nitrogens with two attached hydrogens (primary N) is 1. The van der Waals surface area contributed by atoms with E-state index in [9.17, 15) is 4.39 Å². The molecular weight excluding hydrogens is 273 g/mol. The van der Waals surface area contributed by atoms with Crippen molar-refractivity contribution in [2.24, 2.45) is 0 Å². The van der Waals surface area contributed by atoms with Gasteiger partial charge in [0.05, 0.1) is 12.7 Å².